The Kier molecular flexibility index (Phi) is 13.0. The van der Waals surface area contributed by atoms with E-state index in [9.17, 15) is 4.79 Å². The maximum atomic E-state index is 11.6. The quantitative estimate of drug-likeness (QED) is 0.218. The first-order chi connectivity index (χ1) is 12.2. The molecule has 0 aromatic rings. The molecule has 1 aliphatic rings. The average molecular weight is 497 g/mol. The van der Waals surface area contributed by atoms with Gasteiger partial charge < -0.3 is 20.7 Å². The molecule has 3 N–H and O–H groups in total. The molecular weight excluding hydrogens is 457 g/mol. The Labute approximate surface area is 182 Å². The van der Waals surface area contributed by atoms with Crippen LogP contribution in [0.1, 0.15) is 53.9 Å². The van der Waals surface area contributed by atoms with Crippen molar-refractivity contribution in [2.45, 2.75) is 65.5 Å². The first-order valence-corrected chi connectivity index (χ1v) is 9.86. The number of carbonyl (C=O) groups is 1. The van der Waals surface area contributed by atoms with Gasteiger partial charge in [0, 0.05) is 39.3 Å². The van der Waals surface area contributed by atoms with Crippen LogP contribution >= 0.6 is 24.0 Å². The lowest BCUT2D eigenvalue weighted by atomic mass is 9.99. The number of aliphatic imine (C=N–C) groups is 1. The fraction of sp³-hybridized carbons (Fsp3) is 0.895. The molecule has 0 aromatic heterocycles. The van der Waals surface area contributed by atoms with Gasteiger partial charge in [0.2, 0.25) is 0 Å². The Morgan fingerprint density at radius 2 is 1.93 bits per heavy atom. The van der Waals surface area contributed by atoms with Crippen LogP contribution in [0.4, 0.5) is 4.79 Å². The Balaban J connectivity index is 0.00000676. The largest absolute Gasteiger partial charge is 0.444 e. The van der Waals surface area contributed by atoms with E-state index in [2.05, 4.69) is 39.7 Å². The molecule has 2 atom stereocenters. The average Bonchev–Trinajstić information content (AvgIpc) is 2.55. The standard InChI is InChI=1S/C19H39N5O2.HI/c1-15-9-7-12-24(14-15)16(2)13-23-17(20-6)21-10-8-11-22-18(25)26-19(3,4)5;/h15-16H,7-14H2,1-6H3,(H,22,25)(H2,20,21,23);1H. The second kappa shape index (κ2) is 13.4. The Morgan fingerprint density at radius 3 is 2.52 bits per heavy atom. The molecule has 8 heteroatoms. The van der Waals surface area contributed by atoms with Crippen molar-refractivity contribution in [1.82, 2.24) is 20.9 Å². The number of rotatable bonds is 7. The molecule has 160 valence electrons. The van der Waals surface area contributed by atoms with Crippen LogP contribution in [-0.2, 0) is 4.74 Å². The second-order valence-corrected chi connectivity index (χ2v) is 8.25. The number of alkyl carbamates (subject to hydrolysis) is 1. The molecule has 1 amide bonds. The third-order valence-electron chi connectivity index (χ3n) is 4.41. The summed E-state index contributed by atoms with van der Waals surface area (Å²) in [5.74, 6) is 1.60. The second-order valence-electron chi connectivity index (χ2n) is 8.25. The predicted molar refractivity (Wildman–Crippen MR) is 123 cm³/mol. The molecule has 0 radical (unpaired) electrons. The van der Waals surface area contributed by atoms with E-state index in [-0.39, 0.29) is 30.1 Å². The van der Waals surface area contributed by atoms with Crippen LogP contribution in [0, 0.1) is 5.92 Å². The maximum Gasteiger partial charge on any atom is 0.407 e. The van der Waals surface area contributed by atoms with Gasteiger partial charge in [0.25, 0.3) is 0 Å². The minimum Gasteiger partial charge on any atom is -0.444 e. The van der Waals surface area contributed by atoms with Gasteiger partial charge in [-0.1, -0.05) is 6.92 Å². The molecule has 1 aliphatic heterocycles. The van der Waals surface area contributed by atoms with Gasteiger partial charge >= 0.3 is 6.09 Å². The van der Waals surface area contributed by atoms with Crippen molar-refractivity contribution in [3.8, 4) is 0 Å². The predicted octanol–water partition coefficient (Wildman–Crippen LogP) is 2.80. The van der Waals surface area contributed by atoms with Gasteiger partial charge in [0.15, 0.2) is 5.96 Å². The number of amides is 1. The van der Waals surface area contributed by atoms with E-state index in [1.807, 2.05) is 20.8 Å². The molecule has 0 bridgehead atoms. The molecule has 0 aromatic carbocycles. The van der Waals surface area contributed by atoms with Crippen LogP contribution in [0.5, 0.6) is 0 Å². The van der Waals surface area contributed by atoms with E-state index < -0.39 is 5.60 Å². The van der Waals surface area contributed by atoms with Gasteiger partial charge in [-0.15, -0.1) is 24.0 Å². The van der Waals surface area contributed by atoms with Crippen molar-refractivity contribution in [3.63, 3.8) is 0 Å². The van der Waals surface area contributed by atoms with Crippen molar-refractivity contribution < 1.29 is 9.53 Å². The molecule has 1 saturated heterocycles. The number of hydrogen-bond acceptors (Lipinski definition) is 4. The molecule has 0 saturated carbocycles. The van der Waals surface area contributed by atoms with E-state index in [0.717, 1.165) is 31.4 Å². The number of halogens is 1. The molecule has 1 fully saturated rings. The highest BCUT2D eigenvalue weighted by molar-refractivity contribution is 14.0. The van der Waals surface area contributed by atoms with Crippen LogP contribution in [-0.4, -0.2) is 68.4 Å². The summed E-state index contributed by atoms with van der Waals surface area (Å²) >= 11 is 0. The highest BCUT2D eigenvalue weighted by Gasteiger charge is 2.20. The van der Waals surface area contributed by atoms with Crippen molar-refractivity contribution >= 4 is 36.0 Å². The van der Waals surface area contributed by atoms with Crippen LogP contribution in [0.3, 0.4) is 0 Å². The summed E-state index contributed by atoms with van der Waals surface area (Å²) in [5, 5.41) is 9.44. The highest BCUT2D eigenvalue weighted by Crippen LogP contribution is 2.17. The summed E-state index contributed by atoms with van der Waals surface area (Å²) in [4.78, 5) is 18.4. The third kappa shape index (κ3) is 12.3. The lowest BCUT2D eigenvalue weighted by Crippen LogP contribution is -2.48. The summed E-state index contributed by atoms with van der Waals surface area (Å²) in [7, 11) is 1.78. The van der Waals surface area contributed by atoms with Crippen LogP contribution < -0.4 is 16.0 Å². The van der Waals surface area contributed by atoms with E-state index >= 15 is 0 Å². The van der Waals surface area contributed by atoms with Gasteiger partial charge in [-0.05, 0) is 59.4 Å². The summed E-state index contributed by atoms with van der Waals surface area (Å²) in [6, 6.07) is 0.491. The number of guanidine groups is 1. The van der Waals surface area contributed by atoms with Gasteiger partial charge in [0.05, 0.1) is 0 Å². The van der Waals surface area contributed by atoms with Gasteiger partial charge in [0.1, 0.15) is 5.60 Å². The van der Waals surface area contributed by atoms with Gasteiger partial charge in [-0.3, -0.25) is 9.89 Å². The summed E-state index contributed by atoms with van der Waals surface area (Å²) in [6.07, 6.45) is 3.07. The molecule has 0 aliphatic carbocycles. The van der Waals surface area contributed by atoms with E-state index in [0.29, 0.717) is 12.6 Å². The number of nitrogens with zero attached hydrogens (tertiary/aromatic N) is 2. The highest BCUT2D eigenvalue weighted by atomic mass is 127. The maximum absolute atomic E-state index is 11.6. The smallest absolute Gasteiger partial charge is 0.407 e. The number of likely N-dealkylation sites (tertiary alicyclic amines) is 1. The molecule has 2 unspecified atom stereocenters. The van der Waals surface area contributed by atoms with E-state index in [4.69, 9.17) is 4.74 Å². The van der Waals surface area contributed by atoms with Crippen molar-refractivity contribution in [3.05, 3.63) is 0 Å². The topological polar surface area (TPSA) is 78.0 Å². The molecule has 1 heterocycles. The Bertz CT molecular complexity index is 454. The number of ether oxygens (including phenoxy) is 1. The fourth-order valence-electron chi connectivity index (χ4n) is 3.02. The van der Waals surface area contributed by atoms with Crippen molar-refractivity contribution in [2.75, 3.05) is 39.8 Å². The Hall–Kier alpha value is -0.770. The third-order valence-corrected chi connectivity index (χ3v) is 4.41. The molecular formula is C19H40IN5O2. The van der Waals surface area contributed by atoms with Gasteiger partial charge in [-0.2, -0.15) is 0 Å². The van der Waals surface area contributed by atoms with E-state index in [1.54, 1.807) is 7.05 Å². The fourth-order valence-corrected chi connectivity index (χ4v) is 3.02. The molecule has 1 rings (SSSR count). The normalized spacial score (nSPS) is 19.6. The molecule has 7 nitrogen and oxygen atoms in total. The number of nitrogens with one attached hydrogen (secondary N) is 3. The van der Waals surface area contributed by atoms with Crippen molar-refractivity contribution in [1.29, 1.82) is 0 Å². The molecule has 27 heavy (non-hydrogen) atoms. The minimum absolute atomic E-state index is 0. The van der Waals surface area contributed by atoms with Crippen LogP contribution in [0.25, 0.3) is 0 Å². The first-order valence-electron chi connectivity index (χ1n) is 9.86. The zero-order chi connectivity index (χ0) is 19.6. The SMILES string of the molecule is CN=C(NCCCNC(=O)OC(C)(C)C)NCC(C)N1CCCC(C)C1.I. The number of hydrogen-bond donors (Lipinski definition) is 3. The minimum atomic E-state index is -0.461. The Morgan fingerprint density at radius 1 is 1.26 bits per heavy atom. The first kappa shape index (κ1) is 26.2. The van der Waals surface area contributed by atoms with Gasteiger partial charge in [-0.25, -0.2) is 4.79 Å². The van der Waals surface area contributed by atoms with E-state index in [1.165, 1.54) is 25.9 Å². The zero-order valence-corrected chi connectivity index (χ0v) is 20.3. The number of carbonyl (C=O) groups excluding carboxylic acids is 1. The van der Waals surface area contributed by atoms with Crippen LogP contribution in [0.15, 0.2) is 4.99 Å². The number of piperidine rings is 1. The summed E-state index contributed by atoms with van der Waals surface area (Å²) in [6.45, 7) is 14.7. The zero-order valence-electron chi connectivity index (χ0n) is 17.9. The summed E-state index contributed by atoms with van der Waals surface area (Å²) in [5.41, 5.74) is -0.461. The molecule has 0 spiro atoms. The summed E-state index contributed by atoms with van der Waals surface area (Å²) < 4.78 is 5.21. The van der Waals surface area contributed by atoms with Crippen LogP contribution in [0.2, 0.25) is 0 Å². The monoisotopic (exact) mass is 497 g/mol. The lowest BCUT2D eigenvalue weighted by Gasteiger charge is -2.35. The lowest BCUT2D eigenvalue weighted by molar-refractivity contribution is 0.0527. The van der Waals surface area contributed by atoms with Crippen molar-refractivity contribution in [2.24, 2.45) is 10.9 Å².